The van der Waals surface area contributed by atoms with E-state index in [1.54, 1.807) is 17.9 Å². The van der Waals surface area contributed by atoms with Crippen molar-refractivity contribution >= 4 is 23.5 Å². The van der Waals surface area contributed by atoms with E-state index in [4.69, 9.17) is 21.4 Å². The standard InChI is InChI=1S/C17H20ClNO4/c1-10(17(21)22)8-19(14-3-4-14)16(20)12-6-11-7-13(18)2-5-15(11)23-9-12/h2,5,7,10,12,14H,3-4,6,8-9H2,1H3,(H,21,22). The van der Waals surface area contributed by atoms with Gasteiger partial charge in [0.25, 0.3) is 0 Å². The zero-order chi connectivity index (χ0) is 16.6. The van der Waals surface area contributed by atoms with Gasteiger partial charge in [-0.05, 0) is 43.0 Å². The molecule has 0 saturated heterocycles. The summed E-state index contributed by atoms with van der Waals surface area (Å²) in [5.74, 6) is -0.949. The first kappa shape index (κ1) is 16.1. The Hall–Kier alpha value is -1.75. The smallest absolute Gasteiger partial charge is 0.308 e. The number of aliphatic carboxylic acids is 1. The van der Waals surface area contributed by atoms with Crippen LogP contribution in [0.25, 0.3) is 0 Å². The number of rotatable bonds is 5. The van der Waals surface area contributed by atoms with E-state index >= 15 is 0 Å². The predicted octanol–water partition coefficient (Wildman–Crippen LogP) is 2.60. The first-order valence-electron chi connectivity index (χ1n) is 7.90. The molecule has 0 radical (unpaired) electrons. The van der Waals surface area contributed by atoms with Gasteiger partial charge in [-0.1, -0.05) is 18.5 Å². The summed E-state index contributed by atoms with van der Waals surface area (Å²) >= 11 is 6.01. The van der Waals surface area contributed by atoms with E-state index in [1.165, 1.54) is 0 Å². The van der Waals surface area contributed by atoms with E-state index in [-0.39, 0.29) is 24.4 Å². The van der Waals surface area contributed by atoms with Crippen LogP contribution in [0.15, 0.2) is 18.2 Å². The van der Waals surface area contributed by atoms with Crippen LogP contribution in [0.4, 0.5) is 0 Å². The lowest BCUT2D eigenvalue weighted by atomic mass is 9.95. The van der Waals surface area contributed by atoms with Gasteiger partial charge in [-0.15, -0.1) is 0 Å². The van der Waals surface area contributed by atoms with Gasteiger partial charge in [-0.25, -0.2) is 0 Å². The summed E-state index contributed by atoms with van der Waals surface area (Å²) in [4.78, 5) is 25.7. The van der Waals surface area contributed by atoms with Crippen LogP contribution in [0.1, 0.15) is 25.3 Å². The number of carbonyl (C=O) groups excluding carboxylic acids is 1. The molecule has 1 heterocycles. The predicted molar refractivity (Wildman–Crippen MR) is 85.7 cm³/mol. The molecule has 1 aromatic carbocycles. The average Bonchev–Trinajstić information content (AvgIpc) is 3.35. The summed E-state index contributed by atoms with van der Waals surface area (Å²) < 4.78 is 5.69. The number of benzene rings is 1. The van der Waals surface area contributed by atoms with Crippen molar-refractivity contribution in [3.8, 4) is 5.75 Å². The minimum absolute atomic E-state index is 0.00812. The van der Waals surface area contributed by atoms with E-state index < -0.39 is 11.9 Å². The molecule has 2 aliphatic rings. The molecule has 3 rings (SSSR count). The van der Waals surface area contributed by atoms with Gasteiger partial charge in [0.15, 0.2) is 0 Å². The number of amides is 1. The zero-order valence-corrected chi connectivity index (χ0v) is 13.8. The van der Waals surface area contributed by atoms with Crippen molar-refractivity contribution in [3.63, 3.8) is 0 Å². The van der Waals surface area contributed by atoms with Gasteiger partial charge < -0.3 is 14.7 Å². The van der Waals surface area contributed by atoms with E-state index in [9.17, 15) is 9.59 Å². The van der Waals surface area contributed by atoms with E-state index in [2.05, 4.69) is 0 Å². The van der Waals surface area contributed by atoms with Gasteiger partial charge in [0.05, 0.1) is 11.8 Å². The normalized spacial score (nSPS) is 21.0. The van der Waals surface area contributed by atoms with E-state index in [0.717, 1.165) is 24.2 Å². The monoisotopic (exact) mass is 337 g/mol. The summed E-state index contributed by atoms with van der Waals surface area (Å²) in [7, 11) is 0. The lowest BCUT2D eigenvalue weighted by Gasteiger charge is -2.31. The quantitative estimate of drug-likeness (QED) is 0.896. The number of carboxylic acid groups (broad SMARTS) is 1. The van der Waals surface area contributed by atoms with Crippen molar-refractivity contribution in [2.75, 3.05) is 13.2 Å². The molecule has 1 saturated carbocycles. The molecule has 1 aliphatic heterocycles. The number of carboxylic acids is 1. The number of fused-ring (bicyclic) bond motifs is 1. The molecule has 2 atom stereocenters. The van der Waals surface area contributed by atoms with Crippen molar-refractivity contribution in [2.24, 2.45) is 11.8 Å². The maximum Gasteiger partial charge on any atom is 0.308 e. The molecule has 6 heteroatoms. The first-order chi connectivity index (χ1) is 11.0. The fourth-order valence-corrected chi connectivity index (χ4v) is 3.13. The highest BCUT2D eigenvalue weighted by molar-refractivity contribution is 6.30. The Labute approximate surface area is 140 Å². The number of halogens is 1. The van der Waals surface area contributed by atoms with Crippen LogP contribution in [-0.2, 0) is 16.0 Å². The Morgan fingerprint density at radius 1 is 1.43 bits per heavy atom. The van der Waals surface area contributed by atoms with Crippen LogP contribution < -0.4 is 4.74 Å². The Kier molecular flexibility index (Phi) is 4.48. The number of hydrogen-bond acceptors (Lipinski definition) is 3. The fraction of sp³-hybridized carbons (Fsp3) is 0.529. The minimum Gasteiger partial charge on any atom is -0.492 e. The zero-order valence-electron chi connectivity index (χ0n) is 13.0. The number of carbonyl (C=O) groups is 2. The molecule has 0 aromatic heterocycles. The van der Waals surface area contributed by atoms with Crippen molar-refractivity contribution < 1.29 is 19.4 Å². The fourth-order valence-electron chi connectivity index (χ4n) is 2.93. The molecule has 0 spiro atoms. The van der Waals surface area contributed by atoms with Crippen molar-refractivity contribution in [1.82, 2.24) is 4.90 Å². The van der Waals surface area contributed by atoms with Crippen molar-refractivity contribution in [3.05, 3.63) is 28.8 Å². The third kappa shape index (κ3) is 3.61. The summed E-state index contributed by atoms with van der Waals surface area (Å²) in [6.07, 6.45) is 2.49. The van der Waals surface area contributed by atoms with E-state index in [1.807, 2.05) is 12.1 Å². The van der Waals surface area contributed by atoms with Gasteiger partial charge >= 0.3 is 5.97 Å². The number of hydrogen-bond donors (Lipinski definition) is 1. The van der Waals surface area contributed by atoms with Crippen LogP contribution in [-0.4, -0.2) is 41.1 Å². The second kappa shape index (κ2) is 6.40. The lowest BCUT2D eigenvalue weighted by Crippen LogP contribution is -2.44. The second-order valence-corrected chi connectivity index (χ2v) is 6.86. The highest BCUT2D eigenvalue weighted by Crippen LogP contribution is 2.33. The summed E-state index contributed by atoms with van der Waals surface area (Å²) in [6.45, 7) is 2.23. The average molecular weight is 338 g/mol. The molecular weight excluding hydrogens is 318 g/mol. The maximum atomic E-state index is 12.9. The van der Waals surface area contributed by atoms with Gasteiger partial charge in [0.1, 0.15) is 12.4 Å². The summed E-state index contributed by atoms with van der Waals surface area (Å²) in [5, 5.41) is 9.73. The molecule has 0 bridgehead atoms. The maximum absolute atomic E-state index is 12.9. The highest BCUT2D eigenvalue weighted by Gasteiger charge is 2.38. The van der Waals surface area contributed by atoms with Gasteiger partial charge in [-0.2, -0.15) is 0 Å². The third-order valence-corrected chi connectivity index (χ3v) is 4.68. The topological polar surface area (TPSA) is 66.8 Å². The molecule has 1 aromatic rings. The Bertz CT molecular complexity index is 629. The Morgan fingerprint density at radius 2 is 2.17 bits per heavy atom. The van der Waals surface area contributed by atoms with Gasteiger partial charge in [0, 0.05) is 17.6 Å². The molecule has 1 amide bonds. The summed E-state index contributed by atoms with van der Waals surface area (Å²) in [5.41, 5.74) is 0.934. The van der Waals surface area contributed by atoms with Crippen LogP contribution in [0.5, 0.6) is 5.75 Å². The van der Waals surface area contributed by atoms with Crippen LogP contribution in [0.3, 0.4) is 0 Å². The van der Waals surface area contributed by atoms with Crippen LogP contribution in [0, 0.1) is 11.8 Å². The molecule has 5 nitrogen and oxygen atoms in total. The third-order valence-electron chi connectivity index (χ3n) is 4.44. The molecule has 2 unspecified atom stereocenters. The van der Waals surface area contributed by atoms with Crippen LogP contribution in [0.2, 0.25) is 5.02 Å². The lowest BCUT2D eigenvalue weighted by molar-refractivity contribution is -0.144. The second-order valence-electron chi connectivity index (χ2n) is 6.43. The SMILES string of the molecule is CC(CN(C(=O)C1COc2ccc(Cl)cc2C1)C1CC1)C(=O)O. The molecule has 1 aliphatic carbocycles. The van der Waals surface area contributed by atoms with Crippen LogP contribution >= 0.6 is 11.6 Å². The Balaban J connectivity index is 1.72. The molecule has 1 N–H and O–H groups in total. The Morgan fingerprint density at radius 3 is 2.83 bits per heavy atom. The van der Waals surface area contributed by atoms with E-state index in [0.29, 0.717) is 18.1 Å². The highest BCUT2D eigenvalue weighted by atomic mass is 35.5. The molecule has 124 valence electrons. The molecule has 23 heavy (non-hydrogen) atoms. The molecular formula is C17H20ClNO4. The number of nitrogens with zero attached hydrogens (tertiary/aromatic N) is 1. The van der Waals surface area contributed by atoms with Gasteiger partial charge in [-0.3, -0.25) is 9.59 Å². The first-order valence-corrected chi connectivity index (χ1v) is 8.28. The molecule has 1 fully saturated rings. The van der Waals surface area contributed by atoms with Crippen molar-refractivity contribution in [1.29, 1.82) is 0 Å². The largest absolute Gasteiger partial charge is 0.492 e. The summed E-state index contributed by atoms with van der Waals surface area (Å²) in [6, 6.07) is 5.61. The van der Waals surface area contributed by atoms with Gasteiger partial charge in [0.2, 0.25) is 5.91 Å². The van der Waals surface area contributed by atoms with Crippen molar-refractivity contribution in [2.45, 2.75) is 32.2 Å². The number of ether oxygens (including phenoxy) is 1. The minimum atomic E-state index is -0.875.